The van der Waals surface area contributed by atoms with Crippen molar-refractivity contribution in [3.8, 4) is 11.3 Å². The van der Waals surface area contributed by atoms with Gasteiger partial charge in [-0.1, -0.05) is 0 Å². The predicted octanol–water partition coefficient (Wildman–Crippen LogP) is 4.30. The van der Waals surface area contributed by atoms with E-state index in [1.807, 2.05) is 0 Å². The van der Waals surface area contributed by atoms with Gasteiger partial charge in [0.05, 0.1) is 17.0 Å². The Morgan fingerprint density at radius 3 is 2.44 bits per heavy atom. The molecule has 0 saturated heterocycles. The first-order chi connectivity index (χ1) is 15.1. The molecule has 0 aliphatic heterocycles. The fourth-order valence-electron chi connectivity index (χ4n) is 4.27. The summed E-state index contributed by atoms with van der Waals surface area (Å²) in [7, 11) is -3.20. The highest BCUT2D eigenvalue weighted by Gasteiger charge is 2.34. The highest BCUT2D eigenvalue weighted by molar-refractivity contribution is 7.90. The van der Waals surface area contributed by atoms with Crippen molar-refractivity contribution in [3.63, 3.8) is 0 Å². The Labute approximate surface area is 183 Å². The first-order valence-electron chi connectivity index (χ1n) is 10.3. The van der Waals surface area contributed by atoms with Crippen LogP contribution in [0.25, 0.3) is 22.2 Å². The number of H-pyrrole nitrogens is 1. The number of amides is 1. The normalized spacial score (nSPS) is 18.5. The van der Waals surface area contributed by atoms with Crippen molar-refractivity contribution in [1.29, 1.82) is 0 Å². The molecule has 0 radical (unpaired) electrons. The second-order valence-corrected chi connectivity index (χ2v) is 10.7. The van der Waals surface area contributed by atoms with Crippen molar-refractivity contribution in [1.82, 2.24) is 10.3 Å². The van der Waals surface area contributed by atoms with Gasteiger partial charge in [0.1, 0.15) is 27.3 Å². The van der Waals surface area contributed by atoms with Crippen LogP contribution in [0.3, 0.4) is 0 Å². The van der Waals surface area contributed by atoms with E-state index in [4.69, 9.17) is 0 Å². The Morgan fingerprint density at radius 2 is 1.78 bits per heavy atom. The third kappa shape index (κ3) is 4.82. The zero-order chi connectivity index (χ0) is 23.0. The second kappa shape index (κ2) is 8.61. The summed E-state index contributed by atoms with van der Waals surface area (Å²) in [5, 5.41) is 3.22. The molecule has 4 rings (SSSR count). The molecule has 170 valence electrons. The van der Waals surface area contributed by atoms with E-state index in [9.17, 15) is 26.4 Å². The molecule has 1 aliphatic rings. The van der Waals surface area contributed by atoms with Crippen LogP contribution in [0.15, 0.2) is 36.4 Å². The first kappa shape index (κ1) is 22.4. The third-order valence-electron chi connectivity index (χ3n) is 5.93. The van der Waals surface area contributed by atoms with E-state index in [1.165, 1.54) is 18.2 Å². The van der Waals surface area contributed by atoms with E-state index in [1.54, 1.807) is 12.1 Å². The molecule has 1 heterocycles. The summed E-state index contributed by atoms with van der Waals surface area (Å²) >= 11 is 0. The minimum atomic E-state index is -3.20. The summed E-state index contributed by atoms with van der Waals surface area (Å²) in [5.41, 5.74) is 2.29. The molecule has 0 unspecified atom stereocenters. The summed E-state index contributed by atoms with van der Waals surface area (Å²) < 4.78 is 64.2. The Balaban J connectivity index is 1.52. The van der Waals surface area contributed by atoms with Crippen LogP contribution in [0.2, 0.25) is 0 Å². The molecular weight excluding hydrogens is 441 g/mol. The smallest absolute Gasteiger partial charge is 0.221 e. The van der Waals surface area contributed by atoms with E-state index in [0.29, 0.717) is 36.0 Å². The maximum atomic E-state index is 14.4. The standard InChI is InChI=1S/C23H23F3N2O3S/c1-32(30,31)7-6-20(29)27-12-13-8-15(9-13)21-18-10-17(25)11-19(26)23(18)28-22(21)14-2-4-16(24)5-3-14/h2-5,10-11,13,15,28H,6-9,12H2,1H3,(H,27,29)/t13-,15+. The predicted molar refractivity (Wildman–Crippen MR) is 116 cm³/mol. The van der Waals surface area contributed by atoms with Gasteiger partial charge in [-0.25, -0.2) is 21.6 Å². The quantitative estimate of drug-likeness (QED) is 0.547. The fourth-order valence-corrected chi connectivity index (χ4v) is 4.83. The molecule has 5 nitrogen and oxygen atoms in total. The molecular formula is C23H23F3N2O3S. The van der Waals surface area contributed by atoms with E-state index in [-0.39, 0.29) is 41.3 Å². The van der Waals surface area contributed by atoms with E-state index in [0.717, 1.165) is 17.9 Å². The van der Waals surface area contributed by atoms with Gasteiger partial charge in [0.2, 0.25) is 5.91 Å². The number of aromatic amines is 1. The van der Waals surface area contributed by atoms with Crippen molar-refractivity contribution in [2.75, 3.05) is 18.6 Å². The van der Waals surface area contributed by atoms with E-state index < -0.39 is 21.5 Å². The Bertz CT molecular complexity index is 1260. The van der Waals surface area contributed by atoms with Crippen LogP contribution in [-0.2, 0) is 14.6 Å². The summed E-state index contributed by atoms with van der Waals surface area (Å²) in [6.07, 6.45) is 2.41. The summed E-state index contributed by atoms with van der Waals surface area (Å²) in [6.45, 7) is 0.413. The molecule has 1 aliphatic carbocycles. The second-order valence-electron chi connectivity index (χ2n) is 8.45. The van der Waals surface area contributed by atoms with Crippen molar-refractivity contribution in [3.05, 3.63) is 59.4 Å². The largest absolute Gasteiger partial charge is 0.356 e. The van der Waals surface area contributed by atoms with Gasteiger partial charge < -0.3 is 10.3 Å². The zero-order valence-electron chi connectivity index (χ0n) is 17.4. The Morgan fingerprint density at radius 1 is 1.09 bits per heavy atom. The molecule has 1 aromatic heterocycles. The lowest BCUT2D eigenvalue weighted by Crippen LogP contribution is -2.36. The van der Waals surface area contributed by atoms with Gasteiger partial charge in [0, 0.05) is 30.7 Å². The van der Waals surface area contributed by atoms with Gasteiger partial charge in [-0.2, -0.15) is 0 Å². The molecule has 0 spiro atoms. The number of benzene rings is 2. The van der Waals surface area contributed by atoms with Gasteiger partial charge in [-0.3, -0.25) is 4.79 Å². The van der Waals surface area contributed by atoms with Gasteiger partial charge >= 0.3 is 0 Å². The molecule has 2 aromatic carbocycles. The molecule has 2 N–H and O–H groups in total. The molecule has 32 heavy (non-hydrogen) atoms. The van der Waals surface area contributed by atoms with Crippen LogP contribution in [0.4, 0.5) is 13.2 Å². The van der Waals surface area contributed by atoms with Crippen molar-refractivity contribution >= 4 is 26.6 Å². The average molecular weight is 465 g/mol. The van der Waals surface area contributed by atoms with Crippen LogP contribution in [0.1, 0.15) is 30.7 Å². The molecule has 1 fully saturated rings. The number of carbonyl (C=O) groups is 1. The summed E-state index contributed by atoms with van der Waals surface area (Å²) in [6, 6.07) is 7.95. The van der Waals surface area contributed by atoms with E-state index in [2.05, 4.69) is 10.3 Å². The number of halogens is 3. The van der Waals surface area contributed by atoms with Crippen molar-refractivity contribution in [2.24, 2.45) is 5.92 Å². The van der Waals surface area contributed by atoms with Crippen LogP contribution < -0.4 is 5.32 Å². The van der Waals surface area contributed by atoms with Crippen molar-refractivity contribution < 1.29 is 26.4 Å². The minimum absolute atomic E-state index is 0.0166. The molecule has 1 saturated carbocycles. The molecule has 9 heteroatoms. The number of hydrogen-bond acceptors (Lipinski definition) is 3. The monoisotopic (exact) mass is 464 g/mol. The zero-order valence-corrected chi connectivity index (χ0v) is 18.2. The minimum Gasteiger partial charge on any atom is -0.356 e. The number of rotatable bonds is 7. The number of aromatic nitrogens is 1. The molecule has 1 amide bonds. The van der Waals surface area contributed by atoms with Gasteiger partial charge in [-0.15, -0.1) is 0 Å². The maximum Gasteiger partial charge on any atom is 0.221 e. The van der Waals surface area contributed by atoms with Crippen molar-refractivity contribution in [2.45, 2.75) is 25.2 Å². The number of nitrogens with one attached hydrogen (secondary N) is 2. The van der Waals surface area contributed by atoms with Crippen LogP contribution >= 0.6 is 0 Å². The van der Waals surface area contributed by atoms with Gasteiger partial charge in [-0.05, 0) is 66.1 Å². The Hall–Kier alpha value is -2.81. The summed E-state index contributed by atoms with van der Waals surface area (Å²) in [4.78, 5) is 14.9. The Kier molecular flexibility index (Phi) is 6.03. The summed E-state index contributed by atoms with van der Waals surface area (Å²) in [5.74, 6) is -2.08. The van der Waals surface area contributed by atoms with Gasteiger partial charge in [0.15, 0.2) is 0 Å². The molecule has 3 aromatic rings. The molecule has 0 bridgehead atoms. The highest BCUT2D eigenvalue weighted by Crippen LogP contribution is 2.48. The lowest BCUT2D eigenvalue weighted by molar-refractivity contribution is -0.121. The molecule has 0 atom stereocenters. The van der Waals surface area contributed by atoms with Crippen LogP contribution in [-0.4, -0.2) is 37.9 Å². The van der Waals surface area contributed by atoms with E-state index >= 15 is 0 Å². The fraction of sp³-hybridized carbons (Fsp3) is 0.348. The van der Waals surface area contributed by atoms with Crippen LogP contribution in [0, 0.1) is 23.4 Å². The average Bonchev–Trinajstić information content (AvgIpc) is 3.04. The lowest BCUT2D eigenvalue weighted by Gasteiger charge is -2.36. The highest BCUT2D eigenvalue weighted by atomic mass is 32.2. The number of carbonyl (C=O) groups excluding carboxylic acids is 1. The van der Waals surface area contributed by atoms with Gasteiger partial charge in [0.25, 0.3) is 0 Å². The maximum absolute atomic E-state index is 14.4. The SMILES string of the molecule is CS(=O)(=O)CCC(=O)NC[C@H]1C[C@@H](c2c(-c3ccc(F)cc3)[nH]c3c(F)cc(F)cc32)C1. The third-order valence-corrected chi connectivity index (χ3v) is 6.87. The lowest BCUT2D eigenvalue weighted by atomic mass is 9.70. The number of fused-ring (bicyclic) bond motifs is 1. The van der Waals surface area contributed by atoms with Crippen LogP contribution in [0.5, 0.6) is 0 Å². The number of sulfone groups is 1. The first-order valence-corrected chi connectivity index (χ1v) is 12.4. The topological polar surface area (TPSA) is 79.0 Å². The number of hydrogen-bond donors (Lipinski definition) is 2.